The van der Waals surface area contributed by atoms with Gasteiger partial charge >= 0.3 is 6.18 Å². The number of hydrogen-bond donors (Lipinski definition) is 2. The van der Waals surface area contributed by atoms with Crippen LogP contribution in [-0.2, 0) is 18.0 Å². The third-order valence-electron chi connectivity index (χ3n) is 6.73. The molecule has 0 radical (unpaired) electrons. The first-order chi connectivity index (χ1) is 19.0. The number of carbonyl (C=O) groups excluding carboxylic acids is 1. The van der Waals surface area contributed by atoms with Crippen LogP contribution in [0.1, 0.15) is 42.5 Å². The van der Waals surface area contributed by atoms with E-state index in [4.69, 9.17) is 4.74 Å². The minimum atomic E-state index is -4.53. The summed E-state index contributed by atoms with van der Waals surface area (Å²) in [6.07, 6.45) is -0.244. The summed E-state index contributed by atoms with van der Waals surface area (Å²) in [5.41, 5.74) is 0.421. The van der Waals surface area contributed by atoms with Gasteiger partial charge in [0.05, 0.1) is 11.8 Å². The van der Waals surface area contributed by atoms with Crippen LogP contribution in [0.4, 0.5) is 30.6 Å². The van der Waals surface area contributed by atoms with Crippen molar-refractivity contribution in [2.45, 2.75) is 32.0 Å². The number of likely N-dealkylation sites (tertiary alicyclic amines) is 1. The molecule has 13 heteroatoms. The zero-order chi connectivity index (χ0) is 28.6. The number of anilines is 3. The van der Waals surface area contributed by atoms with Crippen LogP contribution in [0.25, 0.3) is 11.2 Å². The molecule has 40 heavy (non-hydrogen) atoms. The molecule has 1 aliphatic heterocycles. The van der Waals surface area contributed by atoms with E-state index in [0.717, 1.165) is 19.0 Å². The van der Waals surface area contributed by atoms with Crippen LogP contribution in [0.15, 0.2) is 42.7 Å². The molecule has 1 aliphatic rings. The number of alkyl halides is 3. The van der Waals surface area contributed by atoms with Crippen molar-refractivity contribution >= 4 is 34.5 Å². The number of hydrogen-bond acceptors (Lipinski definition) is 8. The van der Waals surface area contributed by atoms with Crippen molar-refractivity contribution in [2.75, 3.05) is 24.2 Å². The average molecular weight is 551 g/mol. The molecule has 4 aromatic rings. The zero-order valence-corrected chi connectivity index (χ0v) is 21.9. The molecular formula is C27H25F3N8O2. The quantitative estimate of drug-likeness (QED) is 0.322. The molecule has 1 amide bonds. The number of aromatic nitrogens is 4. The van der Waals surface area contributed by atoms with Gasteiger partial charge in [-0.2, -0.15) is 23.4 Å². The van der Waals surface area contributed by atoms with Gasteiger partial charge in [-0.3, -0.25) is 9.69 Å². The molecule has 1 atom stereocenters. The highest BCUT2D eigenvalue weighted by Crippen LogP contribution is 2.41. The fourth-order valence-electron chi connectivity index (χ4n) is 4.90. The van der Waals surface area contributed by atoms with Crippen molar-refractivity contribution in [1.29, 1.82) is 5.26 Å². The van der Waals surface area contributed by atoms with Gasteiger partial charge in [0.25, 0.3) is 0 Å². The Balaban J connectivity index is 1.48. The predicted molar refractivity (Wildman–Crippen MR) is 141 cm³/mol. The second-order valence-corrected chi connectivity index (χ2v) is 9.50. The number of fused-ring (bicyclic) bond motifs is 1. The fraction of sp³-hybridized carbons (Fsp3) is 0.296. The maximum atomic E-state index is 14.1. The minimum Gasteiger partial charge on any atom is -0.454 e. The molecule has 3 aromatic heterocycles. The standard InChI is InChI=1S/C27H25F3N8O2/c1-15(39)34-23-12-17(8-9-32-23)40-22-14-33-25-24(19(22)13-31)38(3)26(36-25)35-16-6-7-18(20(11-16)27(28,29)30)21-5-4-10-37(21)2/h6-9,11-12,14,21H,4-5,10H2,1-3H3,(H,32,34,39)(H,33,35,36). The van der Waals surface area contributed by atoms with Crippen molar-refractivity contribution in [3.8, 4) is 17.6 Å². The van der Waals surface area contributed by atoms with E-state index in [1.807, 2.05) is 11.9 Å². The smallest absolute Gasteiger partial charge is 0.416 e. The molecule has 4 heterocycles. The zero-order valence-electron chi connectivity index (χ0n) is 21.9. The number of rotatable bonds is 6. The number of pyridine rings is 2. The van der Waals surface area contributed by atoms with Crippen LogP contribution >= 0.6 is 0 Å². The number of benzene rings is 1. The summed E-state index contributed by atoms with van der Waals surface area (Å²) < 4.78 is 49.6. The largest absolute Gasteiger partial charge is 0.454 e. The van der Waals surface area contributed by atoms with Gasteiger partial charge in [-0.25, -0.2) is 9.97 Å². The van der Waals surface area contributed by atoms with Crippen molar-refractivity contribution in [3.63, 3.8) is 0 Å². The molecule has 0 spiro atoms. The van der Waals surface area contributed by atoms with E-state index in [0.29, 0.717) is 17.7 Å². The topological polar surface area (TPSA) is 121 Å². The number of amides is 1. The Kier molecular flexibility index (Phi) is 7.03. The first-order valence-electron chi connectivity index (χ1n) is 12.4. The van der Waals surface area contributed by atoms with Crippen molar-refractivity contribution in [3.05, 3.63) is 59.4 Å². The minimum absolute atomic E-state index is 0.126. The fourth-order valence-corrected chi connectivity index (χ4v) is 4.90. The summed E-state index contributed by atoms with van der Waals surface area (Å²) in [7, 11) is 3.45. The second-order valence-electron chi connectivity index (χ2n) is 9.50. The molecule has 1 aromatic carbocycles. The molecule has 1 unspecified atom stereocenters. The van der Waals surface area contributed by atoms with Crippen LogP contribution in [0.2, 0.25) is 0 Å². The number of carbonyl (C=O) groups is 1. The van der Waals surface area contributed by atoms with Gasteiger partial charge in [0.2, 0.25) is 11.9 Å². The molecule has 0 bridgehead atoms. The number of aryl methyl sites for hydroxylation is 1. The lowest BCUT2D eigenvalue weighted by molar-refractivity contribution is -0.138. The van der Waals surface area contributed by atoms with Gasteiger partial charge in [-0.05, 0) is 50.2 Å². The molecule has 10 nitrogen and oxygen atoms in total. The monoisotopic (exact) mass is 550 g/mol. The summed E-state index contributed by atoms with van der Waals surface area (Å²) in [5, 5.41) is 15.5. The highest BCUT2D eigenvalue weighted by molar-refractivity contribution is 5.88. The SMILES string of the molecule is CC(=O)Nc1cc(Oc2cnc3nc(Nc4ccc(C5CCCN5C)c(C(F)(F)F)c4)n(C)c3c2C#N)ccn1. The Morgan fingerprint density at radius 2 is 2.00 bits per heavy atom. The number of imidazole rings is 1. The number of nitrogens with zero attached hydrogens (tertiary/aromatic N) is 6. The molecule has 0 aliphatic carbocycles. The van der Waals surface area contributed by atoms with Gasteiger partial charge in [0.1, 0.15) is 28.7 Å². The van der Waals surface area contributed by atoms with Gasteiger partial charge in [0, 0.05) is 38.0 Å². The molecule has 0 saturated carbocycles. The molecule has 2 N–H and O–H groups in total. The lowest BCUT2D eigenvalue weighted by atomic mass is 9.97. The molecule has 1 fully saturated rings. The van der Waals surface area contributed by atoms with Crippen LogP contribution in [0.5, 0.6) is 11.5 Å². The van der Waals surface area contributed by atoms with Crippen LogP contribution in [0.3, 0.4) is 0 Å². The Bertz CT molecular complexity index is 1640. The highest BCUT2D eigenvalue weighted by atomic mass is 19.4. The molecule has 206 valence electrons. The van der Waals surface area contributed by atoms with Gasteiger partial charge in [-0.15, -0.1) is 0 Å². The lowest BCUT2D eigenvalue weighted by Gasteiger charge is -2.24. The number of nitrogens with one attached hydrogen (secondary N) is 2. The van der Waals surface area contributed by atoms with E-state index in [9.17, 15) is 23.2 Å². The van der Waals surface area contributed by atoms with Crippen LogP contribution in [-0.4, -0.2) is 43.9 Å². The molecule has 1 saturated heterocycles. The van der Waals surface area contributed by atoms with Crippen molar-refractivity contribution in [2.24, 2.45) is 7.05 Å². The second kappa shape index (κ2) is 10.5. The molecule has 5 rings (SSSR count). The summed E-state index contributed by atoms with van der Waals surface area (Å²) in [6, 6.07) is 9.05. The molecular weight excluding hydrogens is 525 g/mol. The van der Waals surface area contributed by atoms with Gasteiger partial charge in [0.15, 0.2) is 11.4 Å². The number of halogens is 3. The van der Waals surface area contributed by atoms with E-state index < -0.39 is 11.7 Å². The summed E-state index contributed by atoms with van der Waals surface area (Å²) in [5.74, 6) is 0.613. The first kappa shape index (κ1) is 26.9. The number of nitriles is 1. The van der Waals surface area contributed by atoms with Gasteiger partial charge < -0.3 is 19.9 Å². The van der Waals surface area contributed by atoms with Crippen molar-refractivity contribution < 1.29 is 22.7 Å². The normalized spacial score (nSPS) is 15.7. The maximum absolute atomic E-state index is 14.1. The van der Waals surface area contributed by atoms with E-state index in [-0.39, 0.29) is 51.9 Å². The highest BCUT2D eigenvalue weighted by Gasteiger charge is 2.37. The Labute approximate surface area is 227 Å². The predicted octanol–water partition coefficient (Wildman–Crippen LogP) is 5.51. The first-order valence-corrected chi connectivity index (χ1v) is 12.4. The van der Waals surface area contributed by atoms with Crippen molar-refractivity contribution in [1.82, 2.24) is 24.4 Å². The van der Waals surface area contributed by atoms with E-state index in [1.54, 1.807) is 19.2 Å². The Morgan fingerprint density at radius 3 is 2.67 bits per heavy atom. The Morgan fingerprint density at radius 1 is 1.20 bits per heavy atom. The van der Waals surface area contributed by atoms with Crippen LogP contribution in [0, 0.1) is 11.3 Å². The summed E-state index contributed by atoms with van der Waals surface area (Å²) in [4.78, 5) is 26.0. The summed E-state index contributed by atoms with van der Waals surface area (Å²) >= 11 is 0. The van der Waals surface area contributed by atoms with Gasteiger partial charge in [-0.1, -0.05) is 6.07 Å². The van der Waals surface area contributed by atoms with E-state index >= 15 is 0 Å². The van der Waals surface area contributed by atoms with Crippen LogP contribution < -0.4 is 15.4 Å². The number of ether oxygens (including phenoxy) is 1. The Hall–Kier alpha value is -4.70. The third kappa shape index (κ3) is 5.26. The van der Waals surface area contributed by atoms with E-state index in [1.165, 1.54) is 36.0 Å². The average Bonchev–Trinajstić information content (AvgIpc) is 3.46. The third-order valence-corrected chi connectivity index (χ3v) is 6.73. The summed E-state index contributed by atoms with van der Waals surface area (Å²) in [6.45, 7) is 2.10. The van der Waals surface area contributed by atoms with E-state index in [2.05, 4.69) is 31.7 Å². The lowest BCUT2D eigenvalue weighted by Crippen LogP contribution is -2.21. The maximum Gasteiger partial charge on any atom is 0.416 e.